The topological polar surface area (TPSA) is 79.2 Å². The normalized spacial score (nSPS) is 10.5. The zero-order chi connectivity index (χ0) is 14.0. The van der Waals surface area contributed by atoms with Gasteiger partial charge in [-0.1, -0.05) is 22.9 Å². The zero-order valence-corrected chi connectivity index (χ0v) is 12.4. The number of anilines is 1. The molecule has 2 aromatic rings. The van der Waals surface area contributed by atoms with Crippen LogP contribution in [-0.4, -0.2) is 40.4 Å². The summed E-state index contributed by atoms with van der Waals surface area (Å²) in [6, 6.07) is 3.16. The van der Waals surface area contributed by atoms with Gasteiger partial charge in [-0.25, -0.2) is 9.78 Å². The first-order valence-electron chi connectivity index (χ1n) is 5.06. The van der Waals surface area contributed by atoms with E-state index in [2.05, 4.69) is 15.2 Å². The first-order valence-corrected chi connectivity index (χ1v) is 7.07. The van der Waals surface area contributed by atoms with Crippen molar-refractivity contribution in [1.29, 1.82) is 0 Å². The van der Waals surface area contributed by atoms with Gasteiger partial charge in [0.25, 0.3) is 0 Å². The van der Waals surface area contributed by atoms with E-state index in [1.54, 1.807) is 6.07 Å². The number of carboxylic acid groups (broad SMARTS) is 1. The van der Waals surface area contributed by atoms with E-state index >= 15 is 0 Å². The number of hydrogen-bond donors (Lipinski definition) is 1. The quantitative estimate of drug-likeness (QED) is 0.928. The fourth-order valence-electron chi connectivity index (χ4n) is 1.15. The first kappa shape index (κ1) is 14.0. The highest BCUT2D eigenvalue weighted by molar-refractivity contribution is 8.01. The van der Waals surface area contributed by atoms with Gasteiger partial charge in [-0.15, -0.1) is 10.2 Å². The van der Waals surface area contributed by atoms with Crippen LogP contribution in [0.2, 0.25) is 5.02 Å². The highest BCUT2D eigenvalue weighted by atomic mass is 35.5. The largest absolute Gasteiger partial charge is 0.476 e. The van der Waals surface area contributed by atoms with Crippen molar-refractivity contribution >= 4 is 45.8 Å². The van der Waals surface area contributed by atoms with Crippen LogP contribution in [0.25, 0.3) is 0 Å². The average Bonchev–Trinajstić information content (AvgIpc) is 2.80. The molecule has 0 radical (unpaired) electrons. The Labute approximate surface area is 122 Å². The van der Waals surface area contributed by atoms with E-state index in [0.29, 0.717) is 9.37 Å². The molecule has 0 spiro atoms. The molecule has 0 unspecified atom stereocenters. The predicted molar refractivity (Wildman–Crippen MR) is 74.6 cm³/mol. The molecular formula is C10H9ClN4O2S2. The minimum atomic E-state index is -1.15. The van der Waals surface area contributed by atoms with Gasteiger partial charge in [-0.2, -0.15) is 0 Å². The van der Waals surface area contributed by atoms with E-state index in [4.69, 9.17) is 16.7 Å². The molecule has 2 aromatic heterocycles. The molecule has 1 N–H and O–H groups in total. The standard InChI is InChI=1S/C10H9ClN4O2S2/c1-15(2)9-13-14-10(19-9)18-6-4-3-5(11)7(12-6)8(16)17/h3-4H,1-2H3,(H,16,17). The summed E-state index contributed by atoms with van der Waals surface area (Å²) < 4.78 is 0.690. The van der Waals surface area contributed by atoms with Crippen LogP contribution in [0.5, 0.6) is 0 Å². The molecule has 0 aliphatic heterocycles. The van der Waals surface area contributed by atoms with Crippen LogP contribution in [-0.2, 0) is 0 Å². The third kappa shape index (κ3) is 3.34. The van der Waals surface area contributed by atoms with Gasteiger partial charge in [0.1, 0.15) is 5.03 Å². The van der Waals surface area contributed by atoms with Gasteiger partial charge in [0.15, 0.2) is 10.0 Å². The van der Waals surface area contributed by atoms with E-state index < -0.39 is 5.97 Å². The minimum absolute atomic E-state index is 0.114. The summed E-state index contributed by atoms with van der Waals surface area (Å²) in [5.74, 6) is -1.15. The Morgan fingerprint density at radius 1 is 1.42 bits per heavy atom. The van der Waals surface area contributed by atoms with Gasteiger partial charge in [-0.3, -0.25) is 0 Å². The van der Waals surface area contributed by atoms with Crippen LogP contribution in [0.15, 0.2) is 21.5 Å². The molecule has 0 aromatic carbocycles. The van der Waals surface area contributed by atoms with Crippen molar-refractivity contribution in [2.45, 2.75) is 9.37 Å². The fourth-order valence-corrected chi connectivity index (χ4v) is 3.01. The molecule has 0 bridgehead atoms. The summed E-state index contributed by atoms with van der Waals surface area (Å²) >= 11 is 8.41. The molecule has 9 heteroatoms. The molecule has 0 aliphatic rings. The van der Waals surface area contributed by atoms with Gasteiger partial charge >= 0.3 is 5.97 Å². The van der Waals surface area contributed by atoms with Crippen LogP contribution < -0.4 is 4.90 Å². The Hall–Kier alpha value is -1.38. The maximum atomic E-state index is 10.9. The van der Waals surface area contributed by atoms with E-state index in [1.165, 1.54) is 29.2 Å². The Kier molecular flexibility index (Phi) is 4.23. The van der Waals surface area contributed by atoms with Gasteiger partial charge < -0.3 is 10.0 Å². The smallest absolute Gasteiger partial charge is 0.356 e. The molecule has 0 fully saturated rings. The molecule has 0 amide bonds. The van der Waals surface area contributed by atoms with Crippen molar-refractivity contribution < 1.29 is 9.90 Å². The highest BCUT2D eigenvalue weighted by Crippen LogP contribution is 2.32. The second-order valence-electron chi connectivity index (χ2n) is 3.63. The lowest BCUT2D eigenvalue weighted by atomic mass is 10.3. The van der Waals surface area contributed by atoms with Crippen molar-refractivity contribution in [3.63, 3.8) is 0 Å². The first-order chi connectivity index (χ1) is 8.97. The van der Waals surface area contributed by atoms with Gasteiger partial charge in [-0.05, 0) is 23.9 Å². The van der Waals surface area contributed by atoms with Crippen molar-refractivity contribution in [2.24, 2.45) is 0 Å². The SMILES string of the molecule is CN(C)c1nnc(Sc2ccc(Cl)c(C(=O)O)n2)s1. The van der Waals surface area contributed by atoms with Crippen LogP contribution in [0.4, 0.5) is 5.13 Å². The molecule has 0 atom stereocenters. The van der Waals surface area contributed by atoms with Crippen LogP contribution in [0, 0.1) is 0 Å². The number of halogens is 1. The summed E-state index contributed by atoms with van der Waals surface area (Å²) in [6.45, 7) is 0. The van der Waals surface area contributed by atoms with Crippen molar-refractivity contribution in [3.05, 3.63) is 22.8 Å². The molecule has 100 valence electrons. The lowest BCUT2D eigenvalue weighted by molar-refractivity contribution is 0.0690. The molecule has 2 rings (SSSR count). The zero-order valence-electron chi connectivity index (χ0n) is 9.99. The van der Waals surface area contributed by atoms with Crippen molar-refractivity contribution in [2.75, 3.05) is 19.0 Å². The van der Waals surface area contributed by atoms with E-state index in [0.717, 1.165) is 5.13 Å². The van der Waals surface area contributed by atoms with Gasteiger partial charge in [0.2, 0.25) is 5.13 Å². The monoisotopic (exact) mass is 316 g/mol. The van der Waals surface area contributed by atoms with Crippen molar-refractivity contribution in [3.8, 4) is 0 Å². The maximum absolute atomic E-state index is 10.9. The minimum Gasteiger partial charge on any atom is -0.476 e. The fraction of sp³-hybridized carbons (Fsp3) is 0.200. The van der Waals surface area contributed by atoms with Gasteiger partial charge in [0, 0.05) is 14.1 Å². The number of pyridine rings is 1. The molecule has 0 aliphatic carbocycles. The molecule has 0 saturated heterocycles. The van der Waals surface area contributed by atoms with Crippen LogP contribution in [0.1, 0.15) is 10.5 Å². The number of aromatic carboxylic acids is 1. The number of aromatic nitrogens is 3. The van der Waals surface area contributed by atoms with E-state index in [9.17, 15) is 4.79 Å². The highest BCUT2D eigenvalue weighted by Gasteiger charge is 2.14. The average molecular weight is 317 g/mol. The lowest BCUT2D eigenvalue weighted by Gasteiger charge is -2.03. The Balaban J connectivity index is 2.23. The van der Waals surface area contributed by atoms with Crippen LogP contribution in [0.3, 0.4) is 0 Å². The lowest BCUT2D eigenvalue weighted by Crippen LogP contribution is -2.07. The van der Waals surface area contributed by atoms with E-state index in [1.807, 2.05) is 19.0 Å². The summed E-state index contributed by atoms with van der Waals surface area (Å²) in [6.07, 6.45) is 0. The molecule has 0 saturated carbocycles. The summed E-state index contributed by atoms with van der Waals surface area (Å²) in [5, 5.41) is 18.3. The molecule has 2 heterocycles. The number of carboxylic acids is 1. The Morgan fingerprint density at radius 3 is 2.74 bits per heavy atom. The number of carbonyl (C=O) groups is 1. The van der Waals surface area contributed by atoms with Crippen molar-refractivity contribution in [1.82, 2.24) is 15.2 Å². The third-order valence-electron chi connectivity index (χ3n) is 1.99. The second-order valence-corrected chi connectivity index (χ2v) is 6.26. The van der Waals surface area contributed by atoms with Crippen LogP contribution >= 0.6 is 34.7 Å². The van der Waals surface area contributed by atoms with E-state index in [-0.39, 0.29) is 10.7 Å². The van der Waals surface area contributed by atoms with Gasteiger partial charge in [0.05, 0.1) is 5.02 Å². The number of hydrogen-bond acceptors (Lipinski definition) is 7. The predicted octanol–water partition coefficient (Wildman–Crippen LogP) is 2.50. The molecular weight excluding hydrogens is 308 g/mol. The summed E-state index contributed by atoms with van der Waals surface area (Å²) in [5.41, 5.74) is -0.163. The summed E-state index contributed by atoms with van der Waals surface area (Å²) in [7, 11) is 3.75. The number of rotatable bonds is 4. The Bertz CT molecular complexity index is 617. The molecule has 19 heavy (non-hydrogen) atoms. The summed E-state index contributed by atoms with van der Waals surface area (Å²) in [4.78, 5) is 16.8. The number of nitrogens with zero attached hydrogens (tertiary/aromatic N) is 4. The Morgan fingerprint density at radius 2 is 2.16 bits per heavy atom. The third-order valence-corrected chi connectivity index (χ3v) is 4.38. The molecule has 6 nitrogen and oxygen atoms in total. The maximum Gasteiger partial charge on any atom is 0.356 e. The second kappa shape index (κ2) is 5.72.